The van der Waals surface area contributed by atoms with Crippen LogP contribution in [0.15, 0.2) is 0 Å². The van der Waals surface area contributed by atoms with Crippen molar-refractivity contribution in [2.45, 2.75) is 137 Å². The van der Waals surface area contributed by atoms with Crippen molar-refractivity contribution in [3.8, 4) is 0 Å². The van der Waals surface area contributed by atoms with Gasteiger partial charge < -0.3 is 5.11 Å². The second-order valence-electron chi connectivity index (χ2n) is 9.93. The number of rotatable bonds is 20. The Balaban J connectivity index is 3.50. The summed E-state index contributed by atoms with van der Waals surface area (Å²) in [5.41, 5.74) is 0. The highest BCUT2D eigenvalue weighted by molar-refractivity contribution is 4.62. The number of hydrogen-bond donors (Lipinski definition) is 1. The summed E-state index contributed by atoms with van der Waals surface area (Å²) in [5.74, 6) is 3.43. The molecule has 0 aliphatic rings. The fourth-order valence-electron chi connectivity index (χ4n) is 4.34. The summed E-state index contributed by atoms with van der Waals surface area (Å²) in [6.45, 7) is 12.3. The van der Waals surface area contributed by atoms with Gasteiger partial charge in [-0.3, -0.25) is 0 Å². The van der Waals surface area contributed by atoms with E-state index in [1.807, 2.05) is 0 Å². The maximum absolute atomic E-state index is 8.97. The zero-order valence-electron chi connectivity index (χ0n) is 19.8. The van der Waals surface area contributed by atoms with Gasteiger partial charge in [-0.15, -0.1) is 0 Å². The monoisotopic (exact) mass is 382 g/mol. The van der Waals surface area contributed by atoms with Crippen molar-refractivity contribution in [1.82, 2.24) is 0 Å². The summed E-state index contributed by atoms with van der Waals surface area (Å²) in [7, 11) is 0. The summed E-state index contributed by atoms with van der Waals surface area (Å²) >= 11 is 0. The normalized spacial score (nSPS) is 16.2. The Morgan fingerprint density at radius 1 is 0.444 bits per heavy atom. The van der Waals surface area contributed by atoms with E-state index in [4.69, 9.17) is 5.11 Å². The van der Waals surface area contributed by atoms with E-state index in [-0.39, 0.29) is 0 Å². The van der Waals surface area contributed by atoms with E-state index in [9.17, 15) is 0 Å². The van der Waals surface area contributed by atoms with Gasteiger partial charge >= 0.3 is 0 Å². The van der Waals surface area contributed by atoms with E-state index in [0.717, 1.165) is 24.2 Å². The molecule has 0 unspecified atom stereocenters. The van der Waals surface area contributed by atoms with Crippen molar-refractivity contribution in [3.63, 3.8) is 0 Å². The number of aliphatic hydroxyl groups is 1. The Morgan fingerprint density at radius 2 is 0.778 bits per heavy atom. The van der Waals surface area contributed by atoms with Crippen LogP contribution < -0.4 is 0 Å². The number of hydrogen-bond acceptors (Lipinski definition) is 1. The molecule has 27 heavy (non-hydrogen) atoms. The Labute approximate surface area is 173 Å². The minimum absolute atomic E-state index is 0.354. The van der Waals surface area contributed by atoms with Gasteiger partial charge in [-0.2, -0.15) is 0 Å². The average Bonchev–Trinajstić information content (AvgIpc) is 2.61. The molecule has 164 valence electrons. The van der Waals surface area contributed by atoms with Crippen molar-refractivity contribution < 1.29 is 5.11 Å². The quantitative estimate of drug-likeness (QED) is 0.209. The van der Waals surface area contributed by atoms with Gasteiger partial charge in [0.15, 0.2) is 0 Å². The van der Waals surface area contributed by atoms with Crippen LogP contribution >= 0.6 is 0 Å². The van der Waals surface area contributed by atoms with Gasteiger partial charge in [-0.25, -0.2) is 0 Å². The maximum Gasteiger partial charge on any atom is 0.0433 e. The first-order valence-electron chi connectivity index (χ1n) is 12.6. The van der Waals surface area contributed by atoms with E-state index in [1.54, 1.807) is 0 Å². The highest BCUT2D eigenvalue weighted by Gasteiger charge is 2.08. The third-order valence-electron chi connectivity index (χ3n) is 6.60. The van der Waals surface area contributed by atoms with Crippen LogP contribution in [0.5, 0.6) is 0 Å². The van der Waals surface area contributed by atoms with E-state index < -0.39 is 0 Å². The van der Waals surface area contributed by atoms with Crippen LogP contribution in [0.3, 0.4) is 0 Å². The Bertz CT molecular complexity index is 288. The van der Waals surface area contributed by atoms with E-state index in [2.05, 4.69) is 34.6 Å². The fraction of sp³-hybridized carbons (Fsp3) is 1.00. The third-order valence-corrected chi connectivity index (χ3v) is 6.60. The summed E-state index contributed by atoms with van der Waals surface area (Å²) in [4.78, 5) is 0. The lowest BCUT2D eigenvalue weighted by Gasteiger charge is -2.16. The molecule has 0 aromatic heterocycles. The Hall–Kier alpha value is -0.0400. The smallest absolute Gasteiger partial charge is 0.0433 e. The molecule has 0 rings (SSSR count). The first kappa shape index (κ1) is 27.0. The van der Waals surface area contributed by atoms with Gasteiger partial charge in [-0.05, 0) is 30.1 Å². The van der Waals surface area contributed by atoms with Gasteiger partial charge in [0.25, 0.3) is 0 Å². The van der Waals surface area contributed by atoms with Gasteiger partial charge in [-0.1, -0.05) is 131 Å². The molecular formula is C26H54O. The van der Waals surface area contributed by atoms with Crippen LogP contribution in [0, 0.1) is 23.7 Å². The molecule has 0 aliphatic carbocycles. The van der Waals surface area contributed by atoms with Crippen molar-refractivity contribution >= 4 is 0 Å². The molecule has 0 heterocycles. The van der Waals surface area contributed by atoms with Gasteiger partial charge in [0.2, 0.25) is 0 Å². The van der Waals surface area contributed by atoms with Crippen LogP contribution in [0.1, 0.15) is 137 Å². The molecule has 0 aromatic rings. The predicted molar refractivity (Wildman–Crippen MR) is 123 cm³/mol. The zero-order valence-corrected chi connectivity index (χ0v) is 19.8. The summed E-state index contributed by atoms with van der Waals surface area (Å²) < 4.78 is 0. The van der Waals surface area contributed by atoms with Crippen LogP contribution in [0.25, 0.3) is 0 Å². The molecule has 1 nitrogen and oxygen atoms in total. The largest absolute Gasteiger partial charge is 0.396 e. The molecule has 0 saturated carbocycles. The minimum Gasteiger partial charge on any atom is -0.396 e. The number of aliphatic hydroxyl groups excluding tert-OH is 1. The molecule has 4 atom stereocenters. The molecule has 0 saturated heterocycles. The molecule has 0 amide bonds. The molecule has 0 radical (unpaired) electrons. The van der Waals surface area contributed by atoms with Crippen LogP contribution in [0.4, 0.5) is 0 Å². The highest BCUT2D eigenvalue weighted by atomic mass is 16.3. The minimum atomic E-state index is 0.354. The lowest BCUT2D eigenvalue weighted by Crippen LogP contribution is -2.02. The molecule has 0 aromatic carbocycles. The Morgan fingerprint density at radius 3 is 1.15 bits per heavy atom. The number of unbranched alkanes of at least 4 members (excludes halogenated alkanes) is 4. The zero-order chi connectivity index (χ0) is 20.3. The molecule has 0 bridgehead atoms. The second kappa shape index (κ2) is 19.3. The van der Waals surface area contributed by atoms with Crippen molar-refractivity contribution in [1.29, 1.82) is 0 Å². The van der Waals surface area contributed by atoms with E-state index in [1.165, 1.54) is 96.3 Å². The van der Waals surface area contributed by atoms with Crippen LogP contribution in [-0.2, 0) is 0 Å². The SMILES string of the molecule is CCCCCCC[C@H](C)CCC[C@H](C)CCC[C@H](C)CCC[C@H](C)CCO. The second-order valence-corrected chi connectivity index (χ2v) is 9.93. The lowest BCUT2D eigenvalue weighted by atomic mass is 9.90. The molecular weight excluding hydrogens is 328 g/mol. The lowest BCUT2D eigenvalue weighted by molar-refractivity contribution is 0.255. The molecule has 0 aliphatic heterocycles. The maximum atomic E-state index is 8.97. The fourth-order valence-corrected chi connectivity index (χ4v) is 4.34. The van der Waals surface area contributed by atoms with Gasteiger partial charge in [0, 0.05) is 6.61 Å². The van der Waals surface area contributed by atoms with Crippen molar-refractivity contribution in [2.24, 2.45) is 23.7 Å². The Kier molecular flexibility index (Phi) is 19.3. The first-order chi connectivity index (χ1) is 13.0. The van der Waals surface area contributed by atoms with Crippen LogP contribution in [-0.4, -0.2) is 11.7 Å². The van der Waals surface area contributed by atoms with Crippen molar-refractivity contribution in [3.05, 3.63) is 0 Å². The highest BCUT2D eigenvalue weighted by Crippen LogP contribution is 2.23. The summed E-state index contributed by atoms with van der Waals surface area (Å²) in [6.07, 6.45) is 22.1. The van der Waals surface area contributed by atoms with Gasteiger partial charge in [0.05, 0.1) is 0 Å². The standard InChI is InChI=1S/C26H54O/c1-6-7-8-9-10-14-23(2)15-11-16-24(3)17-12-18-25(4)19-13-20-26(5)21-22-27/h23-27H,6-22H2,1-5H3/t23-,24-,25-,26-/m0/s1. The van der Waals surface area contributed by atoms with Crippen molar-refractivity contribution in [2.75, 3.05) is 6.61 Å². The average molecular weight is 383 g/mol. The third kappa shape index (κ3) is 19.1. The molecule has 1 heteroatoms. The van der Waals surface area contributed by atoms with Crippen LogP contribution in [0.2, 0.25) is 0 Å². The summed E-state index contributed by atoms with van der Waals surface area (Å²) in [6, 6.07) is 0. The molecule has 0 fully saturated rings. The predicted octanol–water partition coefficient (Wildman–Crippen LogP) is 8.78. The molecule has 1 N–H and O–H groups in total. The van der Waals surface area contributed by atoms with E-state index in [0.29, 0.717) is 12.5 Å². The van der Waals surface area contributed by atoms with Gasteiger partial charge in [0.1, 0.15) is 0 Å². The topological polar surface area (TPSA) is 20.2 Å². The first-order valence-corrected chi connectivity index (χ1v) is 12.6. The molecule has 0 spiro atoms. The van der Waals surface area contributed by atoms with E-state index >= 15 is 0 Å². The summed E-state index contributed by atoms with van der Waals surface area (Å²) in [5, 5.41) is 8.97.